The molecular weight excluding hydrogens is 142 g/mol. The van der Waals surface area contributed by atoms with E-state index in [9.17, 15) is 4.79 Å². The van der Waals surface area contributed by atoms with Crippen molar-refractivity contribution in [2.45, 2.75) is 26.1 Å². The topological polar surface area (TPSA) is 58.4 Å². The van der Waals surface area contributed by atoms with Gasteiger partial charge >= 0.3 is 6.03 Å². The SMILES string of the molecule is CC(C)N1C=CC(N)NC1=O. The van der Waals surface area contributed by atoms with Gasteiger partial charge in [-0.25, -0.2) is 4.79 Å². The molecule has 3 N–H and O–H groups in total. The number of nitrogens with zero attached hydrogens (tertiary/aromatic N) is 1. The van der Waals surface area contributed by atoms with E-state index in [1.807, 2.05) is 13.8 Å². The molecule has 0 saturated carbocycles. The molecule has 0 aliphatic carbocycles. The Morgan fingerprint density at radius 1 is 1.73 bits per heavy atom. The predicted molar refractivity (Wildman–Crippen MR) is 42.6 cm³/mol. The van der Waals surface area contributed by atoms with Crippen LogP contribution in [-0.4, -0.2) is 23.1 Å². The van der Waals surface area contributed by atoms with Gasteiger partial charge in [0, 0.05) is 12.2 Å². The minimum atomic E-state index is -0.336. The molecule has 1 aliphatic rings. The Bertz CT molecular complexity index is 188. The molecule has 0 aromatic rings. The minimum Gasteiger partial charge on any atom is -0.319 e. The lowest BCUT2D eigenvalue weighted by Crippen LogP contribution is -2.51. The highest BCUT2D eigenvalue weighted by Gasteiger charge is 2.19. The third kappa shape index (κ3) is 1.71. The molecule has 11 heavy (non-hydrogen) atoms. The van der Waals surface area contributed by atoms with E-state index in [4.69, 9.17) is 5.73 Å². The van der Waals surface area contributed by atoms with E-state index in [-0.39, 0.29) is 18.2 Å². The van der Waals surface area contributed by atoms with Crippen LogP contribution in [0.2, 0.25) is 0 Å². The first-order valence-corrected chi connectivity index (χ1v) is 3.64. The van der Waals surface area contributed by atoms with Crippen LogP contribution in [0.3, 0.4) is 0 Å². The number of nitrogens with two attached hydrogens (primary N) is 1. The van der Waals surface area contributed by atoms with Crippen LogP contribution < -0.4 is 11.1 Å². The van der Waals surface area contributed by atoms with Gasteiger partial charge in [-0.05, 0) is 19.9 Å². The Hall–Kier alpha value is -1.03. The molecular formula is C7H13N3O. The summed E-state index contributed by atoms with van der Waals surface area (Å²) >= 11 is 0. The van der Waals surface area contributed by atoms with Crippen molar-refractivity contribution in [2.24, 2.45) is 5.73 Å². The van der Waals surface area contributed by atoms with E-state index in [0.717, 1.165) is 0 Å². The van der Waals surface area contributed by atoms with Gasteiger partial charge in [-0.15, -0.1) is 0 Å². The van der Waals surface area contributed by atoms with Crippen LogP contribution >= 0.6 is 0 Å². The molecule has 62 valence electrons. The first-order chi connectivity index (χ1) is 5.11. The van der Waals surface area contributed by atoms with Crippen molar-refractivity contribution in [2.75, 3.05) is 0 Å². The first-order valence-electron chi connectivity index (χ1n) is 3.64. The van der Waals surface area contributed by atoms with Crippen molar-refractivity contribution in [1.82, 2.24) is 10.2 Å². The number of hydrogen-bond acceptors (Lipinski definition) is 2. The van der Waals surface area contributed by atoms with Crippen LogP contribution in [-0.2, 0) is 0 Å². The molecule has 4 heteroatoms. The van der Waals surface area contributed by atoms with Crippen LogP contribution in [0.25, 0.3) is 0 Å². The summed E-state index contributed by atoms with van der Waals surface area (Å²) < 4.78 is 0. The van der Waals surface area contributed by atoms with Gasteiger partial charge in [0.15, 0.2) is 0 Å². The van der Waals surface area contributed by atoms with Gasteiger partial charge < -0.3 is 11.1 Å². The molecule has 0 radical (unpaired) electrons. The van der Waals surface area contributed by atoms with Crippen LogP contribution in [0.4, 0.5) is 4.79 Å². The molecule has 1 rings (SSSR count). The van der Waals surface area contributed by atoms with Gasteiger partial charge in [0.2, 0.25) is 0 Å². The van der Waals surface area contributed by atoms with Crippen molar-refractivity contribution in [3.8, 4) is 0 Å². The van der Waals surface area contributed by atoms with E-state index in [1.54, 1.807) is 17.2 Å². The fourth-order valence-corrected chi connectivity index (χ4v) is 0.925. The first kappa shape index (κ1) is 8.07. The lowest BCUT2D eigenvalue weighted by Gasteiger charge is -2.28. The van der Waals surface area contributed by atoms with Gasteiger partial charge in [0.1, 0.15) is 0 Å². The summed E-state index contributed by atoms with van der Waals surface area (Å²) in [6, 6.07) is 0.0498. The molecule has 1 atom stereocenters. The van der Waals surface area contributed by atoms with Crippen molar-refractivity contribution in [1.29, 1.82) is 0 Å². The van der Waals surface area contributed by atoms with Gasteiger partial charge in [0.05, 0.1) is 6.17 Å². The van der Waals surface area contributed by atoms with Crippen molar-refractivity contribution in [3.63, 3.8) is 0 Å². The standard InChI is InChI=1S/C7H13N3O/c1-5(2)10-4-3-6(8)9-7(10)11/h3-6H,8H2,1-2H3,(H,9,11). The lowest BCUT2D eigenvalue weighted by atomic mass is 10.3. The molecule has 1 heterocycles. The third-order valence-electron chi connectivity index (χ3n) is 1.53. The largest absolute Gasteiger partial charge is 0.323 e. The highest BCUT2D eigenvalue weighted by atomic mass is 16.2. The summed E-state index contributed by atoms with van der Waals surface area (Å²) in [6.07, 6.45) is 3.13. The predicted octanol–water partition coefficient (Wildman–Crippen LogP) is 0.219. The highest BCUT2D eigenvalue weighted by molar-refractivity contribution is 5.77. The van der Waals surface area contributed by atoms with Gasteiger partial charge in [-0.3, -0.25) is 4.90 Å². The van der Waals surface area contributed by atoms with Crippen molar-refractivity contribution in [3.05, 3.63) is 12.3 Å². The van der Waals surface area contributed by atoms with Gasteiger partial charge in [-0.2, -0.15) is 0 Å². The molecule has 1 aliphatic heterocycles. The highest BCUT2D eigenvalue weighted by Crippen LogP contribution is 2.03. The molecule has 0 aromatic carbocycles. The summed E-state index contributed by atoms with van der Waals surface area (Å²) in [5.41, 5.74) is 5.44. The number of hydrogen-bond donors (Lipinski definition) is 2. The Labute approximate surface area is 66.0 Å². The quantitative estimate of drug-likeness (QED) is 0.569. The monoisotopic (exact) mass is 155 g/mol. The van der Waals surface area contributed by atoms with Crippen LogP contribution in [0, 0.1) is 0 Å². The molecule has 1 unspecified atom stereocenters. The number of amides is 2. The summed E-state index contributed by atoms with van der Waals surface area (Å²) in [5, 5.41) is 2.59. The van der Waals surface area contributed by atoms with E-state index in [1.165, 1.54) is 0 Å². The maximum atomic E-state index is 11.1. The Morgan fingerprint density at radius 2 is 2.36 bits per heavy atom. The van der Waals surface area contributed by atoms with Crippen LogP contribution in [0.15, 0.2) is 12.3 Å². The van der Waals surface area contributed by atoms with E-state index in [2.05, 4.69) is 5.32 Å². The molecule has 0 bridgehead atoms. The molecule has 2 amide bonds. The average molecular weight is 155 g/mol. The maximum absolute atomic E-state index is 11.1. The molecule has 0 spiro atoms. The molecule has 0 fully saturated rings. The van der Waals surface area contributed by atoms with E-state index < -0.39 is 0 Å². The Morgan fingerprint density at radius 3 is 2.82 bits per heavy atom. The van der Waals surface area contributed by atoms with Crippen molar-refractivity contribution >= 4 is 6.03 Å². The third-order valence-corrected chi connectivity index (χ3v) is 1.53. The van der Waals surface area contributed by atoms with Gasteiger partial charge in [0.25, 0.3) is 0 Å². The molecule has 4 nitrogen and oxygen atoms in total. The summed E-state index contributed by atoms with van der Waals surface area (Å²) in [5.74, 6) is 0. The maximum Gasteiger partial charge on any atom is 0.323 e. The zero-order valence-corrected chi connectivity index (χ0v) is 6.74. The molecule has 0 saturated heterocycles. The number of urea groups is 1. The summed E-state index contributed by atoms with van der Waals surface area (Å²) in [4.78, 5) is 12.7. The number of carbonyl (C=O) groups is 1. The van der Waals surface area contributed by atoms with E-state index in [0.29, 0.717) is 0 Å². The molecule has 0 aromatic heterocycles. The smallest absolute Gasteiger partial charge is 0.319 e. The second kappa shape index (κ2) is 2.92. The lowest BCUT2D eigenvalue weighted by molar-refractivity contribution is 0.199. The fourth-order valence-electron chi connectivity index (χ4n) is 0.925. The van der Waals surface area contributed by atoms with Crippen LogP contribution in [0.1, 0.15) is 13.8 Å². The Kier molecular flexibility index (Phi) is 2.14. The normalized spacial score (nSPS) is 24.2. The number of rotatable bonds is 1. The zero-order valence-electron chi connectivity index (χ0n) is 6.74. The van der Waals surface area contributed by atoms with E-state index >= 15 is 0 Å². The Balaban J connectivity index is 2.68. The average Bonchev–Trinajstić information content (AvgIpc) is 1.85. The van der Waals surface area contributed by atoms with Crippen molar-refractivity contribution < 1.29 is 4.79 Å². The fraction of sp³-hybridized carbons (Fsp3) is 0.571. The zero-order chi connectivity index (χ0) is 8.43. The second-order valence-corrected chi connectivity index (χ2v) is 2.82. The number of carbonyl (C=O) groups excluding carboxylic acids is 1. The summed E-state index contributed by atoms with van der Waals surface area (Å²) in [6.45, 7) is 3.89. The second-order valence-electron chi connectivity index (χ2n) is 2.82. The van der Waals surface area contributed by atoms with Gasteiger partial charge in [-0.1, -0.05) is 0 Å². The number of nitrogens with one attached hydrogen (secondary N) is 1. The minimum absolute atomic E-state index is 0.130. The van der Waals surface area contributed by atoms with Crippen LogP contribution in [0.5, 0.6) is 0 Å². The summed E-state index contributed by atoms with van der Waals surface area (Å²) in [7, 11) is 0.